The zero-order valence-corrected chi connectivity index (χ0v) is 12.4. The third kappa shape index (κ3) is 3.14. The van der Waals surface area contributed by atoms with Gasteiger partial charge in [0.2, 0.25) is 11.8 Å². The van der Waals surface area contributed by atoms with Crippen LogP contribution in [0.15, 0.2) is 34.7 Å². The largest absolute Gasteiger partial charge is 0.419 e. The lowest BCUT2D eigenvalue weighted by atomic mass is 9.91. The summed E-state index contributed by atoms with van der Waals surface area (Å²) >= 11 is 0. The van der Waals surface area contributed by atoms with E-state index in [2.05, 4.69) is 22.0 Å². The molecule has 2 atom stereocenters. The van der Waals surface area contributed by atoms with Crippen LogP contribution in [0.4, 0.5) is 0 Å². The Morgan fingerprint density at radius 3 is 2.86 bits per heavy atom. The Bertz CT molecular complexity index is 569. The highest BCUT2D eigenvalue weighted by molar-refractivity contribution is 5.51. The fourth-order valence-corrected chi connectivity index (χ4v) is 3.10. The van der Waals surface area contributed by atoms with Crippen LogP contribution in [0.1, 0.15) is 25.7 Å². The van der Waals surface area contributed by atoms with E-state index in [1.807, 2.05) is 30.3 Å². The van der Waals surface area contributed by atoms with Crippen LogP contribution in [0, 0.1) is 5.92 Å². The topological polar surface area (TPSA) is 68.2 Å². The highest BCUT2D eigenvalue weighted by atomic mass is 16.4. The normalized spacial score (nSPS) is 23.3. The van der Waals surface area contributed by atoms with Gasteiger partial charge in [-0.2, -0.15) is 0 Å². The standard InChI is InChI=1S/C16H22N4O/c1-12-6-5-9-20(14(12)10-17)11-15-18-19-16(21-15)13-7-3-2-4-8-13/h2-4,7-8,12,14H,5-6,9-11,17H2,1H3. The van der Waals surface area contributed by atoms with Crippen LogP contribution in [-0.4, -0.2) is 34.2 Å². The maximum absolute atomic E-state index is 5.93. The van der Waals surface area contributed by atoms with Crippen molar-refractivity contribution in [1.29, 1.82) is 0 Å². The highest BCUT2D eigenvalue weighted by Gasteiger charge is 2.28. The SMILES string of the molecule is CC1CCCN(Cc2nnc(-c3ccccc3)o2)C1CN. The van der Waals surface area contributed by atoms with Crippen molar-refractivity contribution in [2.75, 3.05) is 13.1 Å². The minimum absolute atomic E-state index is 0.408. The van der Waals surface area contributed by atoms with Gasteiger partial charge in [0.25, 0.3) is 0 Å². The van der Waals surface area contributed by atoms with Gasteiger partial charge in [0.15, 0.2) is 0 Å². The third-order valence-corrected chi connectivity index (χ3v) is 4.30. The molecule has 2 aromatic rings. The van der Waals surface area contributed by atoms with Crippen LogP contribution >= 0.6 is 0 Å². The van der Waals surface area contributed by atoms with Crippen LogP contribution in [-0.2, 0) is 6.54 Å². The number of hydrogen-bond donors (Lipinski definition) is 1. The first kappa shape index (κ1) is 14.2. The number of hydrogen-bond acceptors (Lipinski definition) is 5. The molecule has 1 saturated heterocycles. The smallest absolute Gasteiger partial charge is 0.247 e. The molecule has 5 nitrogen and oxygen atoms in total. The van der Waals surface area contributed by atoms with Crippen LogP contribution < -0.4 is 5.73 Å². The lowest BCUT2D eigenvalue weighted by Crippen LogP contribution is -2.48. The number of likely N-dealkylation sites (tertiary alicyclic amines) is 1. The van der Waals surface area contributed by atoms with Crippen molar-refractivity contribution in [3.8, 4) is 11.5 Å². The van der Waals surface area contributed by atoms with Crippen molar-refractivity contribution in [2.24, 2.45) is 11.7 Å². The van der Waals surface area contributed by atoms with E-state index in [1.165, 1.54) is 12.8 Å². The number of nitrogens with zero attached hydrogens (tertiary/aromatic N) is 3. The zero-order chi connectivity index (χ0) is 14.7. The minimum Gasteiger partial charge on any atom is -0.419 e. The minimum atomic E-state index is 0.408. The van der Waals surface area contributed by atoms with E-state index in [0.29, 0.717) is 36.8 Å². The molecule has 2 heterocycles. The van der Waals surface area contributed by atoms with Crippen LogP contribution in [0.2, 0.25) is 0 Å². The molecule has 0 spiro atoms. The molecule has 0 amide bonds. The number of nitrogens with two attached hydrogens (primary N) is 1. The molecule has 1 aromatic carbocycles. The molecule has 1 aliphatic rings. The van der Waals surface area contributed by atoms with Gasteiger partial charge in [-0.1, -0.05) is 25.1 Å². The van der Waals surface area contributed by atoms with E-state index in [-0.39, 0.29) is 0 Å². The number of aromatic nitrogens is 2. The molecule has 0 radical (unpaired) electrons. The second-order valence-electron chi connectivity index (χ2n) is 5.76. The van der Waals surface area contributed by atoms with Crippen molar-refractivity contribution in [3.05, 3.63) is 36.2 Å². The van der Waals surface area contributed by atoms with E-state index in [4.69, 9.17) is 10.2 Å². The summed E-state index contributed by atoms with van der Waals surface area (Å²) in [7, 11) is 0. The van der Waals surface area contributed by atoms with Crippen molar-refractivity contribution in [2.45, 2.75) is 32.4 Å². The Labute approximate surface area is 125 Å². The van der Waals surface area contributed by atoms with Gasteiger partial charge in [-0.25, -0.2) is 0 Å². The van der Waals surface area contributed by atoms with Crippen LogP contribution in [0.5, 0.6) is 0 Å². The average Bonchev–Trinajstić information content (AvgIpc) is 2.97. The van der Waals surface area contributed by atoms with Crippen molar-refractivity contribution in [1.82, 2.24) is 15.1 Å². The van der Waals surface area contributed by atoms with Gasteiger partial charge in [-0.05, 0) is 37.4 Å². The molecule has 112 valence electrons. The molecule has 0 bridgehead atoms. The van der Waals surface area contributed by atoms with Crippen LogP contribution in [0.3, 0.4) is 0 Å². The monoisotopic (exact) mass is 286 g/mol. The van der Waals surface area contributed by atoms with E-state index < -0.39 is 0 Å². The van der Waals surface area contributed by atoms with E-state index in [1.54, 1.807) is 0 Å². The molecule has 2 N–H and O–H groups in total. The quantitative estimate of drug-likeness (QED) is 0.934. The summed E-state index contributed by atoms with van der Waals surface area (Å²) in [6.07, 6.45) is 2.45. The van der Waals surface area contributed by atoms with E-state index >= 15 is 0 Å². The van der Waals surface area contributed by atoms with Crippen molar-refractivity contribution in [3.63, 3.8) is 0 Å². The van der Waals surface area contributed by atoms with Gasteiger partial charge in [-0.15, -0.1) is 10.2 Å². The van der Waals surface area contributed by atoms with Gasteiger partial charge in [-0.3, -0.25) is 4.90 Å². The molecule has 5 heteroatoms. The fraction of sp³-hybridized carbons (Fsp3) is 0.500. The highest BCUT2D eigenvalue weighted by Crippen LogP contribution is 2.25. The van der Waals surface area contributed by atoms with Gasteiger partial charge in [0.05, 0.1) is 6.54 Å². The molecule has 1 aromatic heterocycles. The molecular weight excluding hydrogens is 264 g/mol. The molecule has 2 unspecified atom stereocenters. The van der Waals surface area contributed by atoms with E-state index in [0.717, 1.165) is 12.1 Å². The number of rotatable bonds is 4. The average molecular weight is 286 g/mol. The molecule has 1 aliphatic heterocycles. The molecule has 21 heavy (non-hydrogen) atoms. The Hall–Kier alpha value is -1.72. The Kier molecular flexibility index (Phi) is 4.31. The summed E-state index contributed by atoms with van der Waals surface area (Å²) in [6, 6.07) is 10.3. The van der Waals surface area contributed by atoms with Gasteiger partial charge in [0.1, 0.15) is 0 Å². The van der Waals surface area contributed by atoms with Gasteiger partial charge in [0, 0.05) is 18.2 Å². The Morgan fingerprint density at radius 1 is 1.29 bits per heavy atom. The molecule has 3 rings (SSSR count). The molecule has 0 aliphatic carbocycles. The summed E-state index contributed by atoms with van der Waals surface area (Å²) in [5.41, 5.74) is 6.88. The predicted octanol–water partition coefficient (Wildman–Crippen LogP) is 2.30. The van der Waals surface area contributed by atoms with Gasteiger partial charge < -0.3 is 10.2 Å². The third-order valence-electron chi connectivity index (χ3n) is 4.30. The summed E-state index contributed by atoms with van der Waals surface area (Å²) in [6.45, 7) is 4.69. The molecule has 1 fully saturated rings. The second kappa shape index (κ2) is 6.37. The Balaban J connectivity index is 1.72. The van der Waals surface area contributed by atoms with E-state index in [9.17, 15) is 0 Å². The summed E-state index contributed by atoms with van der Waals surface area (Å²) in [5, 5.41) is 8.33. The Morgan fingerprint density at radius 2 is 2.10 bits per heavy atom. The van der Waals surface area contributed by atoms with Gasteiger partial charge >= 0.3 is 0 Å². The maximum Gasteiger partial charge on any atom is 0.247 e. The molecular formula is C16H22N4O. The van der Waals surface area contributed by atoms with Crippen molar-refractivity contribution < 1.29 is 4.42 Å². The summed E-state index contributed by atoms with van der Waals surface area (Å²) in [4.78, 5) is 2.37. The predicted molar refractivity (Wildman–Crippen MR) is 81.4 cm³/mol. The summed E-state index contributed by atoms with van der Waals surface area (Å²) in [5.74, 6) is 1.88. The lowest BCUT2D eigenvalue weighted by Gasteiger charge is -2.38. The first-order chi connectivity index (χ1) is 10.3. The second-order valence-corrected chi connectivity index (χ2v) is 5.76. The lowest BCUT2D eigenvalue weighted by molar-refractivity contribution is 0.0901. The fourth-order valence-electron chi connectivity index (χ4n) is 3.10. The first-order valence-corrected chi connectivity index (χ1v) is 7.60. The first-order valence-electron chi connectivity index (χ1n) is 7.60. The number of piperidine rings is 1. The number of benzene rings is 1. The maximum atomic E-state index is 5.93. The molecule has 0 saturated carbocycles. The zero-order valence-electron chi connectivity index (χ0n) is 12.4. The van der Waals surface area contributed by atoms with Crippen LogP contribution in [0.25, 0.3) is 11.5 Å². The summed E-state index contributed by atoms with van der Waals surface area (Å²) < 4.78 is 5.80. The van der Waals surface area contributed by atoms with Crippen molar-refractivity contribution >= 4 is 0 Å².